The van der Waals surface area contributed by atoms with Crippen LogP contribution in [0.15, 0.2) is 10.6 Å². The fourth-order valence-corrected chi connectivity index (χ4v) is 1.03. The van der Waals surface area contributed by atoms with Crippen molar-refractivity contribution in [2.75, 3.05) is 5.43 Å². The highest BCUT2D eigenvalue weighted by molar-refractivity contribution is 5.60. The molecule has 0 amide bonds. The van der Waals surface area contributed by atoms with Gasteiger partial charge in [0.25, 0.3) is 0 Å². The van der Waals surface area contributed by atoms with Crippen molar-refractivity contribution in [1.82, 2.24) is 10.4 Å². The van der Waals surface area contributed by atoms with Gasteiger partial charge in [0.05, 0.1) is 0 Å². The van der Waals surface area contributed by atoms with Crippen molar-refractivity contribution in [2.45, 2.75) is 19.8 Å². The van der Waals surface area contributed by atoms with Crippen molar-refractivity contribution in [2.24, 2.45) is 0 Å². The van der Waals surface area contributed by atoms with E-state index in [-0.39, 0.29) is 0 Å². The zero-order valence-corrected chi connectivity index (χ0v) is 7.09. The van der Waals surface area contributed by atoms with Crippen LogP contribution in [-0.2, 0) is 0 Å². The molecular weight excluding hydrogens is 154 g/mol. The summed E-state index contributed by atoms with van der Waals surface area (Å²) in [5.74, 6) is 1.79. The van der Waals surface area contributed by atoms with Crippen molar-refractivity contribution in [3.63, 3.8) is 0 Å². The molecule has 0 aliphatic carbocycles. The van der Waals surface area contributed by atoms with Crippen LogP contribution in [0.4, 0.5) is 5.88 Å². The van der Waals surface area contributed by atoms with Gasteiger partial charge in [-0.05, 0) is 6.08 Å². The Labute approximate surface area is 70.6 Å². The van der Waals surface area contributed by atoms with Crippen LogP contribution >= 0.6 is 0 Å². The van der Waals surface area contributed by atoms with Crippen molar-refractivity contribution in [1.29, 1.82) is 0 Å². The van der Waals surface area contributed by atoms with Crippen molar-refractivity contribution >= 4 is 12.0 Å². The third kappa shape index (κ3) is 1.05. The van der Waals surface area contributed by atoms with Gasteiger partial charge in [-0.1, -0.05) is 13.8 Å². The van der Waals surface area contributed by atoms with Gasteiger partial charge in [-0.25, -0.2) is 4.98 Å². The van der Waals surface area contributed by atoms with E-state index in [1.165, 1.54) is 0 Å². The van der Waals surface area contributed by atoms with Crippen LogP contribution < -0.4 is 10.9 Å². The lowest BCUT2D eigenvalue weighted by atomic mass is 10.2. The largest absolute Gasteiger partial charge is 0.423 e. The third-order valence-electron chi connectivity index (χ3n) is 1.67. The van der Waals surface area contributed by atoms with E-state index >= 15 is 0 Å². The fourth-order valence-electron chi connectivity index (χ4n) is 1.03. The average Bonchev–Trinajstić information content (AvgIpc) is 2.46. The van der Waals surface area contributed by atoms with Crippen LogP contribution in [0.2, 0.25) is 0 Å². The van der Waals surface area contributed by atoms with Crippen molar-refractivity contribution in [3.8, 4) is 0 Å². The highest BCUT2D eigenvalue weighted by atomic mass is 16.4. The molecule has 1 aliphatic heterocycles. The van der Waals surface area contributed by atoms with Gasteiger partial charge in [0.1, 0.15) is 5.69 Å². The van der Waals surface area contributed by atoms with Crippen molar-refractivity contribution in [3.05, 3.63) is 17.8 Å². The minimum atomic E-state index is 0.325. The first-order valence-corrected chi connectivity index (χ1v) is 3.96. The maximum absolute atomic E-state index is 5.43. The number of nitrogens with one attached hydrogen (secondary N) is 2. The molecule has 1 aromatic heterocycles. The summed E-state index contributed by atoms with van der Waals surface area (Å²) in [6.45, 7) is 4.10. The maximum atomic E-state index is 5.43. The molecule has 12 heavy (non-hydrogen) atoms. The van der Waals surface area contributed by atoms with Gasteiger partial charge in [-0.3, -0.25) is 5.43 Å². The normalized spacial score (nSPS) is 13.9. The van der Waals surface area contributed by atoms with Crippen LogP contribution in [0.5, 0.6) is 0 Å². The molecule has 4 nitrogen and oxygen atoms in total. The van der Waals surface area contributed by atoms with Crippen molar-refractivity contribution < 1.29 is 4.42 Å². The van der Waals surface area contributed by atoms with Crippen LogP contribution in [0, 0.1) is 0 Å². The lowest BCUT2D eigenvalue weighted by Crippen LogP contribution is -2.16. The minimum Gasteiger partial charge on any atom is -0.423 e. The lowest BCUT2D eigenvalue weighted by molar-refractivity contribution is 0.478. The Hall–Kier alpha value is -1.45. The Balaban J connectivity index is 2.39. The van der Waals surface area contributed by atoms with E-state index in [0.29, 0.717) is 11.8 Å². The Morgan fingerprint density at radius 1 is 1.50 bits per heavy atom. The molecule has 0 unspecified atom stereocenters. The van der Waals surface area contributed by atoms with Crippen LogP contribution in [0.3, 0.4) is 0 Å². The van der Waals surface area contributed by atoms with E-state index in [2.05, 4.69) is 29.7 Å². The number of aromatic nitrogens is 1. The average molecular weight is 165 g/mol. The molecule has 1 aliphatic rings. The molecule has 2 N–H and O–H groups in total. The number of hydrazine groups is 1. The molecule has 2 heterocycles. The maximum Gasteiger partial charge on any atom is 0.239 e. The first-order valence-electron chi connectivity index (χ1n) is 3.96. The summed E-state index contributed by atoms with van der Waals surface area (Å²) >= 11 is 0. The highest BCUT2D eigenvalue weighted by Crippen LogP contribution is 2.24. The molecule has 0 spiro atoms. The monoisotopic (exact) mass is 165 g/mol. The number of hydrogen-bond donors (Lipinski definition) is 2. The predicted molar refractivity (Wildman–Crippen MR) is 46.4 cm³/mol. The molecule has 4 heteroatoms. The second kappa shape index (κ2) is 2.55. The summed E-state index contributed by atoms with van der Waals surface area (Å²) in [6, 6.07) is 0. The SMILES string of the molecule is CC(C)c1nc2c(o1)NNC=C2. The van der Waals surface area contributed by atoms with Crippen LogP contribution in [0.1, 0.15) is 31.4 Å². The molecule has 0 fully saturated rings. The molecule has 0 radical (unpaired) electrons. The zero-order chi connectivity index (χ0) is 8.55. The Bertz CT molecular complexity index is 314. The van der Waals surface area contributed by atoms with Gasteiger partial charge in [-0.2, -0.15) is 0 Å². The minimum absolute atomic E-state index is 0.325. The molecule has 1 aromatic rings. The molecule has 0 bridgehead atoms. The molecule has 0 aromatic carbocycles. The van der Waals surface area contributed by atoms with E-state index in [0.717, 1.165) is 11.6 Å². The van der Waals surface area contributed by atoms with Gasteiger partial charge < -0.3 is 9.84 Å². The van der Waals surface area contributed by atoms with Crippen LogP contribution in [0.25, 0.3) is 6.08 Å². The number of anilines is 1. The van der Waals surface area contributed by atoms with Gasteiger partial charge >= 0.3 is 0 Å². The molecule has 64 valence electrons. The Morgan fingerprint density at radius 2 is 2.33 bits per heavy atom. The quantitative estimate of drug-likeness (QED) is 0.665. The summed E-state index contributed by atoms with van der Waals surface area (Å²) in [7, 11) is 0. The second-order valence-corrected chi connectivity index (χ2v) is 3.02. The number of fused-ring (bicyclic) bond motifs is 1. The second-order valence-electron chi connectivity index (χ2n) is 3.02. The van der Waals surface area contributed by atoms with E-state index in [1.807, 2.05) is 6.08 Å². The molecule has 0 saturated heterocycles. The first-order chi connectivity index (χ1) is 5.77. The highest BCUT2D eigenvalue weighted by Gasteiger charge is 2.14. The number of nitrogens with zero attached hydrogens (tertiary/aromatic N) is 1. The summed E-state index contributed by atoms with van der Waals surface area (Å²) < 4.78 is 5.43. The third-order valence-corrected chi connectivity index (χ3v) is 1.67. The summed E-state index contributed by atoms with van der Waals surface area (Å²) in [5.41, 5.74) is 6.56. The molecular formula is C8H11N3O. The van der Waals surface area contributed by atoms with Gasteiger partial charge in [0, 0.05) is 12.1 Å². The topological polar surface area (TPSA) is 50.1 Å². The first kappa shape index (κ1) is 7.21. The van der Waals surface area contributed by atoms with Gasteiger partial charge in [0.2, 0.25) is 5.88 Å². The number of rotatable bonds is 1. The van der Waals surface area contributed by atoms with Gasteiger partial charge in [-0.15, -0.1) is 0 Å². The Kier molecular flexibility index (Phi) is 1.53. The van der Waals surface area contributed by atoms with E-state index in [4.69, 9.17) is 4.42 Å². The summed E-state index contributed by atoms with van der Waals surface area (Å²) in [4.78, 5) is 4.29. The molecule has 0 atom stereocenters. The van der Waals surface area contributed by atoms with E-state index in [1.54, 1.807) is 6.20 Å². The molecule has 0 saturated carbocycles. The lowest BCUT2D eigenvalue weighted by Gasteiger charge is -2.05. The standard InChI is InChI=1S/C8H11N3O/c1-5(2)7-10-6-3-4-9-11-8(6)12-7/h3-5,9,11H,1-2H3. The zero-order valence-electron chi connectivity index (χ0n) is 7.09. The Morgan fingerprint density at radius 3 is 3.00 bits per heavy atom. The van der Waals surface area contributed by atoms with E-state index in [9.17, 15) is 0 Å². The predicted octanol–water partition coefficient (Wildman–Crippen LogP) is 1.70. The summed E-state index contributed by atoms with van der Waals surface area (Å²) in [6.07, 6.45) is 3.66. The smallest absolute Gasteiger partial charge is 0.239 e. The van der Waals surface area contributed by atoms with Gasteiger partial charge in [0.15, 0.2) is 5.89 Å². The van der Waals surface area contributed by atoms with Crippen LogP contribution in [-0.4, -0.2) is 4.98 Å². The summed E-state index contributed by atoms with van der Waals surface area (Å²) in [5, 5.41) is 0. The molecule has 2 rings (SSSR count). The fraction of sp³-hybridized carbons (Fsp3) is 0.375. The number of hydrogen-bond acceptors (Lipinski definition) is 4. The van der Waals surface area contributed by atoms with E-state index < -0.39 is 0 Å². The number of oxazole rings is 1.